The molecule has 9 nitrogen and oxygen atoms in total. The van der Waals surface area contributed by atoms with Crippen LogP contribution in [0.5, 0.6) is 0 Å². The Morgan fingerprint density at radius 2 is 2.03 bits per heavy atom. The van der Waals surface area contributed by atoms with Crippen LogP contribution in [0.25, 0.3) is 0 Å². The van der Waals surface area contributed by atoms with Crippen LogP contribution >= 0.6 is 11.8 Å². The molecule has 2 heterocycles. The third-order valence-electron chi connectivity index (χ3n) is 6.55. The summed E-state index contributed by atoms with van der Waals surface area (Å²) in [5.41, 5.74) is -0.0268. The second-order valence-corrected chi connectivity index (χ2v) is 9.92. The van der Waals surface area contributed by atoms with E-state index in [1.54, 1.807) is 11.8 Å². The zero-order chi connectivity index (χ0) is 25.3. The Labute approximate surface area is 210 Å². The van der Waals surface area contributed by atoms with Gasteiger partial charge in [0, 0.05) is 12.8 Å². The van der Waals surface area contributed by atoms with Gasteiger partial charge in [0.2, 0.25) is 11.8 Å². The maximum atomic E-state index is 13.4. The van der Waals surface area contributed by atoms with Gasteiger partial charge in [-0.15, -0.1) is 0 Å². The molecule has 0 bridgehead atoms. The molecule has 192 valence electrons. The van der Waals surface area contributed by atoms with E-state index in [0.29, 0.717) is 44.4 Å². The quantitative estimate of drug-likeness (QED) is 0.307. The van der Waals surface area contributed by atoms with Crippen LogP contribution < -0.4 is 10.6 Å². The molecule has 0 spiro atoms. The maximum Gasteiger partial charge on any atom is 0.331 e. The molecule has 10 heteroatoms. The number of thioether (sulfide) groups is 1. The van der Waals surface area contributed by atoms with Crippen molar-refractivity contribution < 1.29 is 28.8 Å². The predicted molar refractivity (Wildman–Crippen MR) is 133 cm³/mol. The summed E-state index contributed by atoms with van der Waals surface area (Å²) in [6.07, 6.45) is 4.97. The Kier molecular flexibility index (Phi) is 10.1. The zero-order valence-electron chi connectivity index (χ0n) is 20.4. The second-order valence-electron chi connectivity index (χ2n) is 8.93. The van der Waals surface area contributed by atoms with Crippen LogP contribution in [0.4, 0.5) is 0 Å². The van der Waals surface area contributed by atoms with Gasteiger partial charge in [0.1, 0.15) is 12.1 Å². The molecule has 35 heavy (non-hydrogen) atoms. The summed E-state index contributed by atoms with van der Waals surface area (Å²) in [5, 5.41) is 7.11. The normalized spacial score (nSPS) is 22.5. The molecule has 2 amide bonds. The van der Waals surface area contributed by atoms with E-state index < -0.39 is 23.6 Å². The summed E-state index contributed by atoms with van der Waals surface area (Å²) in [4.78, 5) is 57.1. The average Bonchev–Trinajstić information content (AvgIpc) is 3.54. The fraction of sp³-hybridized carbons (Fsp3) is 0.600. The van der Waals surface area contributed by atoms with Gasteiger partial charge in [-0.2, -0.15) is 11.8 Å². The van der Waals surface area contributed by atoms with E-state index in [-0.39, 0.29) is 30.6 Å². The number of ether oxygens (including phenoxy) is 1. The largest absolute Gasteiger partial charge is 0.467 e. The molecular formula is C25H35N3O6S. The summed E-state index contributed by atoms with van der Waals surface area (Å²) in [6.45, 7) is 0.521. The molecule has 2 aliphatic heterocycles. The number of hydroxylamine groups is 2. The molecule has 0 radical (unpaired) electrons. The number of hydrogen-bond acceptors (Lipinski definition) is 8. The summed E-state index contributed by atoms with van der Waals surface area (Å²) >= 11 is 1.55. The van der Waals surface area contributed by atoms with E-state index >= 15 is 0 Å². The number of hydrogen-bond donors (Lipinski definition) is 2. The van der Waals surface area contributed by atoms with Crippen molar-refractivity contribution in [2.24, 2.45) is 0 Å². The van der Waals surface area contributed by atoms with E-state index in [2.05, 4.69) is 10.6 Å². The maximum absolute atomic E-state index is 13.4. The number of aryl methyl sites for hydroxylation is 1. The average molecular weight is 506 g/mol. The Morgan fingerprint density at radius 3 is 2.63 bits per heavy atom. The first kappa shape index (κ1) is 27.2. The van der Waals surface area contributed by atoms with E-state index in [1.807, 2.05) is 36.6 Å². The van der Waals surface area contributed by atoms with Crippen molar-refractivity contribution in [3.8, 4) is 0 Å². The van der Waals surface area contributed by atoms with Crippen molar-refractivity contribution in [2.75, 3.05) is 32.3 Å². The van der Waals surface area contributed by atoms with Crippen molar-refractivity contribution in [3.63, 3.8) is 0 Å². The molecule has 0 unspecified atom stereocenters. The third-order valence-corrected chi connectivity index (χ3v) is 7.19. The Balaban J connectivity index is 1.78. The number of carbonyl (C=O) groups excluding carboxylic acids is 4. The number of esters is 1. The minimum atomic E-state index is -1.03. The van der Waals surface area contributed by atoms with Gasteiger partial charge in [-0.1, -0.05) is 30.3 Å². The summed E-state index contributed by atoms with van der Waals surface area (Å²) in [7, 11) is 1.29. The number of carbonyl (C=O) groups is 4. The van der Waals surface area contributed by atoms with E-state index in [0.717, 1.165) is 17.0 Å². The molecule has 0 saturated carbocycles. The highest BCUT2D eigenvalue weighted by atomic mass is 32.2. The third kappa shape index (κ3) is 7.05. The lowest BCUT2D eigenvalue weighted by Gasteiger charge is -2.35. The molecule has 2 N–H and O–H groups in total. The molecule has 0 aliphatic carbocycles. The summed E-state index contributed by atoms with van der Waals surface area (Å²) in [6, 6.07) is 8.11. The molecule has 1 aromatic rings. The number of nitrogens with zero attached hydrogens (tertiary/aromatic N) is 1. The predicted octanol–water partition coefficient (Wildman–Crippen LogP) is 1.64. The van der Waals surface area contributed by atoms with Gasteiger partial charge >= 0.3 is 5.97 Å². The Bertz CT molecular complexity index is 890. The first-order valence-corrected chi connectivity index (χ1v) is 13.4. The van der Waals surface area contributed by atoms with Crippen molar-refractivity contribution >= 4 is 35.3 Å². The minimum absolute atomic E-state index is 0.109. The molecule has 1 aromatic carbocycles. The molecule has 2 saturated heterocycles. The molecule has 3 atom stereocenters. The lowest BCUT2D eigenvalue weighted by Crippen LogP contribution is -2.59. The fourth-order valence-corrected chi connectivity index (χ4v) is 5.03. The number of Topliss-reactive ketones (excluding diaryl/α,β-unsaturated/α-hetero) is 1. The van der Waals surface area contributed by atoms with Gasteiger partial charge in [-0.3, -0.25) is 19.2 Å². The van der Waals surface area contributed by atoms with Gasteiger partial charge < -0.3 is 15.4 Å². The van der Waals surface area contributed by atoms with Crippen LogP contribution in [0, 0.1) is 0 Å². The van der Waals surface area contributed by atoms with E-state index in [9.17, 15) is 19.2 Å². The number of nitrogens with one attached hydrogen (secondary N) is 2. The molecule has 2 aliphatic rings. The SMILES string of the molecule is COC(=O)[C@H](CCSC)N(OC[C@]1(C(=O)[C@@H]2CCC(=O)N2)CCCN1)C(=O)CCc1ccccc1. The van der Waals surface area contributed by atoms with Crippen LogP contribution in [0.1, 0.15) is 44.1 Å². The van der Waals surface area contributed by atoms with E-state index in [1.165, 1.54) is 7.11 Å². The standard InChI is InChI=1S/C25H35N3O6S/c1-33-24(32)20(13-16-35-2)28(22(30)12-9-18-7-4-3-5-8-18)34-17-25(14-6-15-26-25)23(31)19-10-11-21(29)27-19/h3-5,7-8,19-20,26H,6,9-17H2,1-2H3,(H,27,29)/t19-,20-,25-/m0/s1. The number of ketones is 1. The monoisotopic (exact) mass is 505 g/mol. The molecule has 2 fully saturated rings. The fourth-order valence-electron chi connectivity index (χ4n) is 4.57. The van der Waals surface area contributed by atoms with Crippen molar-refractivity contribution in [1.82, 2.24) is 15.7 Å². The molecular weight excluding hydrogens is 470 g/mol. The second kappa shape index (κ2) is 13.0. The molecule has 3 rings (SSSR count). The van der Waals surface area contributed by atoms with Gasteiger partial charge in [0.25, 0.3) is 0 Å². The first-order valence-electron chi connectivity index (χ1n) is 12.0. The van der Waals surface area contributed by atoms with Gasteiger partial charge in [-0.05, 0) is 56.2 Å². The number of amides is 2. The topological polar surface area (TPSA) is 114 Å². The highest BCUT2D eigenvalue weighted by Gasteiger charge is 2.47. The number of benzene rings is 1. The number of methoxy groups -OCH3 is 1. The lowest BCUT2D eigenvalue weighted by molar-refractivity contribution is -0.214. The Hall–Kier alpha value is -2.43. The smallest absolute Gasteiger partial charge is 0.331 e. The zero-order valence-corrected chi connectivity index (χ0v) is 21.2. The summed E-state index contributed by atoms with van der Waals surface area (Å²) in [5.74, 6) is -0.563. The van der Waals surface area contributed by atoms with Crippen LogP contribution in [0.2, 0.25) is 0 Å². The van der Waals surface area contributed by atoms with Crippen LogP contribution in [0.15, 0.2) is 30.3 Å². The number of rotatable bonds is 13. The summed E-state index contributed by atoms with van der Waals surface area (Å²) < 4.78 is 4.99. The first-order chi connectivity index (χ1) is 16.9. The van der Waals surface area contributed by atoms with E-state index in [4.69, 9.17) is 9.57 Å². The van der Waals surface area contributed by atoms with Crippen LogP contribution in [-0.2, 0) is 35.2 Å². The van der Waals surface area contributed by atoms with Crippen molar-refractivity contribution in [1.29, 1.82) is 0 Å². The van der Waals surface area contributed by atoms with Crippen LogP contribution in [-0.4, -0.2) is 78.5 Å². The van der Waals surface area contributed by atoms with Crippen molar-refractivity contribution in [3.05, 3.63) is 35.9 Å². The lowest BCUT2D eigenvalue weighted by atomic mass is 9.88. The van der Waals surface area contributed by atoms with Gasteiger partial charge in [-0.25, -0.2) is 9.86 Å². The molecule has 0 aromatic heterocycles. The highest BCUT2D eigenvalue weighted by Crippen LogP contribution is 2.27. The van der Waals surface area contributed by atoms with Gasteiger partial charge in [0.15, 0.2) is 11.8 Å². The minimum Gasteiger partial charge on any atom is -0.467 e. The van der Waals surface area contributed by atoms with Crippen molar-refractivity contribution in [2.45, 2.75) is 62.6 Å². The van der Waals surface area contributed by atoms with Crippen LogP contribution in [0.3, 0.4) is 0 Å². The van der Waals surface area contributed by atoms with Gasteiger partial charge in [0.05, 0.1) is 13.2 Å². The highest BCUT2D eigenvalue weighted by molar-refractivity contribution is 7.98. The Morgan fingerprint density at radius 1 is 1.26 bits per heavy atom.